The van der Waals surface area contributed by atoms with E-state index in [1.807, 2.05) is 0 Å². The van der Waals surface area contributed by atoms with E-state index < -0.39 is 0 Å². The van der Waals surface area contributed by atoms with Gasteiger partial charge in [-0.05, 0) is 31.8 Å². The van der Waals surface area contributed by atoms with E-state index in [0.29, 0.717) is 0 Å². The van der Waals surface area contributed by atoms with Crippen LogP contribution in [0.4, 0.5) is 0 Å². The summed E-state index contributed by atoms with van der Waals surface area (Å²) < 4.78 is 0. The van der Waals surface area contributed by atoms with Gasteiger partial charge < -0.3 is 5.32 Å². The number of fused-ring (bicyclic) bond motifs is 1. The van der Waals surface area contributed by atoms with Gasteiger partial charge in [0.05, 0.1) is 0 Å². The fourth-order valence-corrected chi connectivity index (χ4v) is 2.33. The minimum atomic E-state index is 0.845. The predicted octanol–water partition coefficient (Wildman–Crippen LogP) is 0.690. The number of nitrogens with one attached hydrogen (secondary N) is 1. The molecule has 0 aliphatic carbocycles. The normalized spacial score (nSPS) is 40.1. The Balaban J connectivity index is 1.98. The Morgan fingerprint density at radius 2 is 2.27 bits per heavy atom. The molecule has 2 atom stereocenters. The summed E-state index contributed by atoms with van der Waals surface area (Å²) in [5.74, 6) is 0.845. The number of nitrogens with zero attached hydrogens (tertiary/aromatic N) is 1. The monoisotopic (exact) mass is 154 g/mol. The molecular weight excluding hydrogens is 136 g/mol. The molecule has 0 spiro atoms. The van der Waals surface area contributed by atoms with Gasteiger partial charge in [0.25, 0.3) is 0 Å². The van der Waals surface area contributed by atoms with Crippen molar-refractivity contribution >= 4 is 0 Å². The molecule has 2 aliphatic rings. The zero-order valence-electron chi connectivity index (χ0n) is 7.34. The topological polar surface area (TPSA) is 15.3 Å². The first-order valence-electron chi connectivity index (χ1n) is 4.81. The molecule has 1 N–H and O–H groups in total. The molecule has 2 aliphatic heterocycles. The Morgan fingerprint density at radius 3 is 3.18 bits per heavy atom. The van der Waals surface area contributed by atoms with Gasteiger partial charge in [-0.3, -0.25) is 4.90 Å². The standard InChI is InChI=1S/C9H18N2/c1-8-5-10-6-9-3-2-4-11(9)7-8/h8-10H,2-7H2,1H3. The maximum absolute atomic E-state index is 3.53. The van der Waals surface area contributed by atoms with Gasteiger partial charge in [-0.15, -0.1) is 0 Å². The van der Waals surface area contributed by atoms with Gasteiger partial charge in [-0.2, -0.15) is 0 Å². The highest BCUT2D eigenvalue weighted by molar-refractivity contribution is 4.84. The molecule has 11 heavy (non-hydrogen) atoms. The van der Waals surface area contributed by atoms with Crippen LogP contribution in [0, 0.1) is 5.92 Å². The lowest BCUT2D eigenvalue weighted by atomic mass is 10.2. The minimum absolute atomic E-state index is 0.845. The molecule has 2 nitrogen and oxygen atoms in total. The quantitative estimate of drug-likeness (QED) is 0.552. The number of hydrogen-bond donors (Lipinski definition) is 1. The van der Waals surface area contributed by atoms with Crippen molar-refractivity contribution in [1.29, 1.82) is 0 Å². The van der Waals surface area contributed by atoms with Crippen LogP contribution < -0.4 is 5.32 Å². The third-order valence-corrected chi connectivity index (χ3v) is 2.92. The van der Waals surface area contributed by atoms with Crippen LogP contribution in [0.1, 0.15) is 19.8 Å². The van der Waals surface area contributed by atoms with Crippen molar-refractivity contribution in [2.45, 2.75) is 25.8 Å². The second kappa shape index (κ2) is 3.11. The van der Waals surface area contributed by atoms with Crippen LogP contribution in [0.2, 0.25) is 0 Å². The SMILES string of the molecule is CC1CNCC2CCCN2C1. The third kappa shape index (κ3) is 1.57. The lowest BCUT2D eigenvalue weighted by Gasteiger charge is -2.22. The summed E-state index contributed by atoms with van der Waals surface area (Å²) in [6.45, 7) is 7.44. The molecule has 0 aromatic heterocycles. The largest absolute Gasteiger partial charge is 0.315 e. The summed E-state index contributed by atoms with van der Waals surface area (Å²) in [6.07, 6.45) is 2.83. The number of rotatable bonds is 0. The molecule has 2 rings (SSSR count). The van der Waals surface area contributed by atoms with Crippen LogP contribution in [-0.2, 0) is 0 Å². The van der Waals surface area contributed by atoms with E-state index in [-0.39, 0.29) is 0 Å². The van der Waals surface area contributed by atoms with Crippen LogP contribution in [0.15, 0.2) is 0 Å². The first kappa shape index (κ1) is 7.56. The molecule has 0 bridgehead atoms. The maximum atomic E-state index is 3.53. The smallest absolute Gasteiger partial charge is 0.0221 e. The van der Waals surface area contributed by atoms with Gasteiger partial charge in [0.2, 0.25) is 0 Å². The molecule has 64 valence electrons. The van der Waals surface area contributed by atoms with Crippen molar-refractivity contribution in [3.8, 4) is 0 Å². The van der Waals surface area contributed by atoms with E-state index in [0.717, 1.165) is 12.0 Å². The zero-order valence-corrected chi connectivity index (χ0v) is 7.34. The molecule has 2 unspecified atom stereocenters. The van der Waals surface area contributed by atoms with E-state index in [2.05, 4.69) is 17.1 Å². The lowest BCUT2D eigenvalue weighted by molar-refractivity contribution is 0.247. The van der Waals surface area contributed by atoms with Crippen LogP contribution in [-0.4, -0.2) is 37.1 Å². The molecule has 0 saturated carbocycles. The van der Waals surface area contributed by atoms with Crippen molar-refractivity contribution in [2.24, 2.45) is 5.92 Å². The molecule has 2 heteroatoms. The second-order valence-electron chi connectivity index (χ2n) is 4.05. The van der Waals surface area contributed by atoms with E-state index in [9.17, 15) is 0 Å². The van der Waals surface area contributed by atoms with Gasteiger partial charge in [0.1, 0.15) is 0 Å². The Kier molecular flexibility index (Phi) is 2.14. The highest BCUT2D eigenvalue weighted by Gasteiger charge is 2.27. The lowest BCUT2D eigenvalue weighted by Crippen LogP contribution is -2.34. The highest BCUT2D eigenvalue weighted by atomic mass is 15.2. The Morgan fingerprint density at radius 1 is 1.36 bits per heavy atom. The van der Waals surface area contributed by atoms with Crippen LogP contribution >= 0.6 is 0 Å². The van der Waals surface area contributed by atoms with Gasteiger partial charge in [0, 0.05) is 19.1 Å². The van der Waals surface area contributed by atoms with E-state index in [1.54, 1.807) is 0 Å². The van der Waals surface area contributed by atoms with E-state index in [1.165, 1.54) is 39.0 Å². The molecule has 2 fully saturated rings. The van der Waals surface area contributed by atoms with Gasteiger partial charge in [-0.25, -0.2) is 0 Å². The number of hydrogen-bond acceptors (Lipinski definition) is 2. The first-order valence-corrected chi connectivity index (χ1v) is 4.81. The van der Waals surface area contributed by atoms with E-state index in [4.69, 9.17) is 0 Å². The van der Waals surface area contributed by atoms with Gasteiger partial charge in [-0.1, -0.05) is 6.92 Å². The third-order valence-electron chi connectivity index (χ3n) is 2.92. The average molecular weight is 154 g/mol. The van der Waals surface area contributed by atoms with Crippen molar-refractivity contribution < 1.29 is 0 Å². The van der Waals surface area contributed by atoms with Crippen LogP contribution in [0.3, 0.4) is 0 Å². The predicted molar refractivity (Wildman–Crippen MR) is 46.6 cm³/mol. The van der Waals surface area contributed by atoms with Crippen molar-refractivity contribution in [3.63, 3.8) is 0 Å². The Labute approximate surface area is 69.0 Å². The molecule has 2 heterocycles. The fourth-order valence-electron chi connectivity index (χ4n) is 2.33. The second-order valence-corrected chi connectivity index (χ2v) is 4.05. The molecule has 0 amide bonds. The summed E-state index contributed by atoms with van der Waals surface area (Å²) in [4.78, 5) is 2.66. The van der Waals surface area contributed by atoms with Gasteiger partial charge >= 0.3 is 0 Å². The summed E-state index contributed by atoms with van der Waals surface area (Å²) in [6, 6.07) is 0.861. The molecule has 0 radical (unpaired) electrons. The Hall–Kier alpha value is -0.0800. The highest BCUT2D eigenvalue weighted by Crippen LogP contribution is 2.19. The summed E-state index contributed by atoms with van der Waals surface area (Å²) >= 11 is 0. The van der Waals surface area contributed by atoms with E-state index >= 15 is 0 Å². The van der Waals surface area contributed by atoms with Crippen LogP contribution in [0.5, 0.6) is 0 Å². The average Bonchev–Trinajstić information content (AvgIpc) is 2.31. The first-order chi connectivity index (χ1) is 5.36. The summed E-state index contributed by atoms with van der Waals surface area (Å²) in [7, 11) is 0. The van der Waals surface area contributed by atoms with Gasteiger partial charge in [0.15, 0.2) is 0 Å². The molecular formula is C9H18N2. The maximum Gasteiger partial charge on any atom is 0.0221 e. The van der Waals surface area contributed by atoms with Crippen molar-refractivity contribution in [3.05, 3.63) is 0 Å². The molecule has 2 saturated heterocycles. The fraction of sp³-hybridized carbons (Fsp3) is 1.00. The Bertz CT molecular complexity index is 136. The van der Waals surface area contributed by atoms with Crippen molar-refractivity contribution in [1.82, 2.24) is 10.2 Å². The molecule has 0 aromatic carbocycles. The minimum Gasteiger partial charge on any atom is -0.315 e. The summed E-state index contributed by atoms with van der Waals surface area (Å²) in [5.41, 5.74) is 0. The summed E-state index contributed by atoms with van der Waals surface area (Å²) in [5, 5.41) is 3.53. The van der Waals surface area contributed by atoms with Crippen molar-refractivity contribution in [2.75, 3.05) is 26.2 Å². The molecule has 0 aromatic rings. The van der Waals surface area contributed by atoms with Crippen LogP contribution in [0.25, 0.3) is 0 Å². The zero-order chi connectivity index (χ0) is 7.68.